The van der Waals surface area contributed by atoms with Crippen LogP contribution >= 0.6 is 18.2 Å². The van der Waals surface area contributed by atoms with Crippen LogP contribution in [0.3, 0.4) is 0 Å². The minimum atomic E-state index is -4.05. The first-order valence-electron chi connectivity index (χ1n) is 5.80. The zero-order chi connectivity index (χ0) is 14.6. The molecule has 0 aliphatic rings. The van der Waals surface area contributed by atoms with Crippen LogP contribution in [0.25, 0.3) is 0 Å². The molecule has 0 saturated heterocycles. The molecule has 0 spiro atoms. The number of rotatable bonds is 5. The average Bonchev–Trinajstić information content (AvgIpc) is 2.27. The van der Waals surface area contributed by atoms with E-state index in [1.54, 1.807) is 12.1 Å². The van der Waals surface area contributed by atoms with Gasteiger partial charge in [0.1, 0.15) is 11.8 Å². The molecule has 0 bridgehead atoms. The fourth-order valence-corrected chi connectivity index (χ4v) is 2.61. The monoisotopic (exact) mass is 305 g/mol. The van der Waals surface area contributed by atoms with Gasteiger partial charge in [-0.15, -0.1) is 0 Å². The smallest absolute Gasteiger partial charge is 0.404 e. The summed E-state index contributed by atoms with van der Waals surface area (Å²) in [6, 6.07) is 6.06. The Bertz CT molecular complexity index is 504. The molecule has 0 amide bonds. The first kappa shape index (κ1) is 16.0. The van der Waals surface area contributed by atoms with E-state index in [4.69, 9.17) is 21.5 Å². The van der Waals surface area contributed by atoms with Gasteiger partial charge in [0.25, 0.3) is 0 Å². The van der Waals surface area contributed by atoms with Gasteiger partial charge in [-0.3, -0.25) is 0 Å². The maximum absolute atomic E-state index is 11.9. The Morgan fingerprint density at radius 1 is 1.32 bits per heavy atom. The van der Waals surface area contributed by atoms with E-state index in [-0.39, 0.29) is 5.92 Å². The highest BCUT2D eigenvalue weighted by Gasteiger charge is 2.30. The summed E-state index contributed by atoms with van der Waals surface area (Å²) in [4.78, 5) is 11.3. The Morgan fingerprint density at radius 3 is 2.42 bits per heavy atom. The minimum Gasteiger partial charge on any atom is -0.404 e. The van der Waals surface area contributed by atoms with Crippen molar-refractivity contribution in [3.05, 3.63) is 29.8 Å². The molecule has 1 unspecified atom stereocenters. The fraction of sp³-hybridized carbons (Fsp3) is 0.417. The van der Waals surface area contributed by atoms with Crippen molar-refractivity contribution in [3.8, 4) is 5.75 Å². The second-order valence-corrected chi connectivity index (χ2v) is 6.88. The highest BCUT2D eigenvalue weighted by molar-refractivity contribution is 7.82. The molecule has 19 heavy (non-hydrogen) atoms. The summed E-state index contributed by atoms with van der Waals surface area (Å²) >= 11 is 5.62. The van der Waals surface area contributed by atoms with Crippen molar-refractivity contribution in [2.24, 2.45) is 5.73 Å². The zero-order valence-corrected chi connectivity index (χ0v) is 12.6. The van der Waals surface area contributed by atoms with Gasteiger partial charge < -0.3 is 14.8 Å². The second-order valence-electron chi connectivity index (χ2n) is 4.41. The lowest BCUT2D eigenvalue weighted by molar-refractivity contribution is -0.135. The summed E-state index contributed by atoms with van der Waals surface area (Å²) in [6.07, 6.45) is 0. The largest absolute Gasteiger partial charge is 0.532 e. The Kier molecular flexibility index (Phi) is 5.41. The lowest BCUT2D eigenvalue weighted by Gasteiger charge is -2.17. The average molecular weight is 306 g/mol. The van der Waals surface area contributed by atoms with Gasteiger partial charge in [-0.2, -0.15) is 0 Å². The number of hydrogen-bond donors (Lipinski definition) is 1. The summed E-state index contributed by atoms with van der Waals surface area (Å²) in [5.41, 5.74) is 6.12. The van der Waals surface area contributed by atoms with Crippen LogP contribution in [-0.2, 0) is 13.9 Å². The first-order valence-corrected chi connectivity index (χ1v) is 8.25. The summed E-state index contributed by atoms with van der Waals surface area (Å²) in [5, 5.41) is 0. The van der Waals surface area contributed by atoms with Gasteiger partial charge in [-0.25, -0.2) is 9.36 Å². The van der Waals surface area contributed by atoms with Crippen LogP contribution in [0.4, 0.5) is 0 Å². The minimum absolute atomic E-state index is 0.150. The van der Waals surface area contributed by atoms with E-state index in [9.17, 15) is 9.36 Å². The van der Waals surface area contributed by atoms with Gasteiger partial charge in [0.15, 0.2) is 0 Å². The molecule has 1 rings (SSSR count). The van der Waals surface area contributed by atoms with Crippen molar-refractivity contribution < 1.29 is 18.4 Å². The van der Waals surface area contributed by atoms with E-state index >= 15 is 0 Å². The fourth-order valence-electron chi connectivity index (χ4n) is 1.37. The van der Waals surface area contributed by atoms with E-state index in [0.717, 1.165) is 5.56 Å². The number of carbonyl (C=O) groups is 1. The molecule has 5 nitrogen and oxygen atoms in total. The van der Waals surface area contributed by atoms with Gasteiger partial charge >= 0.3 is 12.9 Å². The molecule has 1 aromatic carbocycles. The third kappa shape index (κ3) is 4.86. The van der Waals surface area contributed by atoms with Gasteiger partial charge in [0, 0.05) is 11.2 Å². The molecule has 0 fully saturated rings. The Labute approximate surface area is 117 Å². The molecule has 2 atom stereocenters. The molecule has 1 aromatic rings. The van der Waals surface area contributed by atoms with Gasteiger partial charge in [-0.05, 0) is 24.5 Å². The number of benzene rings is 1. The molecular weight excluding hydrogens is 289 g/mol. The molecule has 0 aliphatic heterocycles. The van der Waals surface area contributed by atoms with Crippen LogP contribution in [0.15, 0.2) is 24.3 Å². The number of halogens is 1. The highest BCUT2D eigenvalue weighted by Crippen LogP contribution is 2.54. The van der Waals surface area contributed by atoms with E-state index in [1.807, 2.05) is 26.0 Å². The Hall–Kier alpha value is -1.03. The maximum Gasteiger partial charge on any atom is 0.532 e. The predicted molar refractivity (Wildman–Crippen MR) is 74.4 cm³/mol. The number of nitrogens with two attached hydrogens (primary N) is 1. The van der Waals surface area contributed by atoms with Crippen LogP contribution in [0, 0.1) is 0 Å². The van der Waals surface area contributed by atoms with E-state index in [2.05, 4.69) is 4.52 Å². The third-order valence-electron chi connectivity index (χ3n) is 2.32. The quantitative estimate of drug-likeness (QED) is 0.843. The summed E-state index contributed by atoms with van der Waals surface area (Å²) in [6.45, 7) is 1.26. The van der Waals surface area contributed by atoms with Crippen LogP contribution in [-0.4, -0.2) is 12.0 Å². The lowest BCUT2D eigenvalue weighted by atomic mass is 10.0. The molecule has 0 saturated carbocycles. The number of hydrogen-bond acceptors (Lipinski definition) is 5. The topological polar surface area (TPSA) is 78.6 Å². The molecule has 0 aromatic heterocycles. The van der Waals surface area contributed by atoms with Gasteiger partial charge in [-0.1, -0.05) is 32.0 Å². The summed E-state index contributed by atoms with van der Waals surface area (Å²) in [5.74, 6) is -0.398. The van der Waals surface area contributed by atoms with Crippen LogP contribution in [0.5, 0.6) is 5.75 Å². The summed E-state index contributed by atoms with van der Waals surface area (Å²) < 4.78 is 21.6. The molecule has 0 heterocycles. The highest BCUT2D eigenvalue weighted by atomic mass is 35.7. The van der Waals surface area contributed by atoms with Crippen molar-refractivity contribution in [3.63, 3.8) is 0 Å². The standard InChI is InChI=1S/C12H17ClNO4P/c1-8(2)10-6-4-5-7-11(10)17-19(13,16)18-12(15)9(3)14/h4-9H,14H2,1-3H3/t9-,19?/m0/s1. The van der Waals surface area contributed by atoms with Crippen LogP contribution in [0.1, 0.15) is 32.3 Å². The Morgan fingerprint density at radius 2 is 1.89 bits per heavy atom. The van der Waals surface area contributed by atoms with E-state index < -0.39 is 19.0 Å². The van der Waals surface area contributed by atoms with Crippen molar-refractivity contribution in [1.82, 2.24) is 0 Å². The molecule has 7 heteroatoms. The lowest BCUT2D eigenvalue weighted by Crippen LogP contribution is -2.27. The van der Waals surface area contributed by atoms with Gasteiger partial charge in [0.05, 0.1) is 0 Å². The Balaban J connectivity index is 2.90. The van der Waals surface area contributed by atoms with E-state index in [0.29, 0.717) is 5.75 Å². The van der Waals surface area contributed by atoms with Crippen molar-refractivity contribution in [1.29, 1.82) is 0 Å². The van der Waals surface area contributed by atoms with Gasteiger partial charge in [0.2, 0.25) is 0 Å². The first-order chi connectivity index (χ1) is 8.73. The molecule has 0 aliphatic carbocycles. The molecule has 106 valence electrons. The number of carbonyl (C=O) groups excluding carboxylic acids is 1. The normalized spacial score (nSPS) is 15.7. The SMILES string of the molecule is CC(C)c1ccccc1OP(=O)(Cl)OC(=O)[C@H](C)N. The second kappa shape index (κ2) is 6.42. The summed E-state index contributed by atoms with van der Waals surface area (Å²) in [7, 11) is 0. The zero-order valence-electron chi connectivity index (χ0n) is 11.0. The number of para-hydroxylation sites is 1. The molecular formula is C12H17ClNO4P. The maximum atomic E-state index is 11.9. The molecule has 0 radical (unpaired) electrons. The van der Waals surface area contributed by atoms with Crippen molar-refractivity contribution in [2.45, 2.75) is 32.7 Å². The van der Waals surface area contributed by atoms with E-state index in [1.165, 1.54) is 6.92 Å². The molecule has 2 N–H and O–H groups in total. The van der Waals surface area contributed by atoms with Crippen molar-refractivity contribution >= 4 is 24.2 Å². The van der Waals surface area contributed by atoms with Crippen LogP contribution < -0.4 is 10.3 Å². The van der Waals surface area contributed by atoms with Crippen molar-refractivity contribution in [2.75, 3.05) is 0 Å². The van der Waals surface area contributed by atoms with Crippen LogP contribution in [0.2, 0.25) is 0 Å². The predicted octanol–water partition coefficient (Wildman–Crippen LogP) is 3.43. The third-order valence-corrected chi connectivity index (χ3v) is 3.55.